The van der Waals surface area contributed by atoms with Crippen molar-refractivity contribution in [3.05, 3.63) is 23.5 Å². The molecule has 0 spiro atoms. The van der Waals surface area contributed by atoms with Crippen LogP contribution in [0, 0.1) is 6.92 Å². The minimum atomic E-state index is -0.0671. The lowest BCUT2D eigenvalue weighted by Crippen LogP contribution is -2.32. The highest BCUT2D eigenvalue weighted by Gasteiger charge is 2.17. The maximum atomic E-state index is 12.5. The highest BCUT2D eigenvalue weighted by atomic mass is 16.1. The summed E-state index contributed by atoms with van der Waals surface area (Å²) >= 11 is 0. The van der Waals surface area contributed by atoms with Crippen molar-refractivity contribution in [2.75, 3.05) is 19.6 Å². The van der Waals surface area contributed by atoms with Crippen molar-refractivity contribution < 1.29 is 4.79 Å². The first-order valence-electron chi connectivity index (χ1n) is 8.42. The molecule has 2 aromatic rings. The maximum absolute atomic E-state index is 12.5. The predicted octanol–water partition coefficient (Wildman–Crippen LogP) is 2.44. The topological polar surface area (TPSA) is 71.8 Å². The molecule has 2 heterocycles. The summed E-state index contributed by atoms with van der Waals surface area (Å²) < 4.78 is 1.90. The van der Waals surface area contributed by atoms with Crippen molar-refractivity contribution in [2.45, 2.75) is 46.6 Å². The molecule has 1 atom stereocenters. The summed E-state index contributed by atoms with van der Waals surface area (Å²) in [5, 5.41) is 11.5. The van der Waals surface area contributed by atoms with Gasteiger partial charge in [0, 0.05) is 18.8 Å². The summed E-state index contributed by atoms with van der Waals surface area (Å²) in [6.45, 7) is 10.6. The van der Waals surface area contributed by atoms with E-state index in [4.69, 9.17) is 0 Å². The fourth-order valence-corrected chi connectivity index (χ4v) is 2.49. The zero-order valence-corrected chi connectivity index (χ0v) is 14.5. The minimum absolute atomic E-state index is 0.0671. The Morgan fingerprint density at radius 1 is 1.30 bits per heavy atom. The van der Waals surface area contributed by atoms with Gasteiger partial charge in [-0.25, -0.2) is 9.67 Å². The van der Waals surface area contributed by atoms with E-state index in [1.54, 1.807) is 6.20 Å². The zero-order valence-electron chi connectivity index (χ0n) is 14.5. The Kier molecular flexibility index (Phi) is 6.10. The third kappa shape index (κ3) is 4.07. The first-order chi connectivity index (χ1) is 11.1. The average Bonchev–Trinajstić information content (AvgIpc) is 2.96. The molecule has 2 rings (SSSR count). The molecule has 23 heavy (non-hydrogen) atoms. The van der Waals surface area contributed by atoms with Gasteiger partial charge in [-0.3, -0.25) is 4.79 Å². The monoisotopic (exact) mass is 317 g/mol. The molecule has 0 bridgehead atoms. The molecule has 2 N–H and O–H groups in total. The van der Waals surface area contributed by atoms with Crippen LogP contribution < -0.4 is 10.6 Å². The quantitative estimate of drug-likeness (QED) is 0.734. The molecule has 0 aliphatic rings. The van der Waals surface area contributed by atoms with Crippen LogP contribution in [0.5, 0.6) is 0 Å². The molecular formula is C17H27N5O. The van der Waals surface area contributed by atoms with E-state index in [0.29, 0.717) is 12.1 Å². The van der Waals surface area contributed by atoms with Crippen molar-refractivity contribution in [3.8, 4) is 0 Å². The Morgan fingerprint density at radius 2 is 2.09 bits per heavy atom. The van der Waals surface area contributed by atoms with Crippen molar-refractivity contribution in [1.82, 2.24) is 25.4 Å². The molecule has 0 fully saturated rings. The smallest absolute Gasteiger partial charge is 0.252 e. The number of carbonyl (C=O) groups is 1. The summed E-state index contributed by atoms with van der Waals surface area (Å²) in [6, 6.07) is 2.09. The van der Waals surface area contributed by atoms with Crippen LogP contribution >= 0.6 is 0 Å². The number of hydrogen-bond donors (Lipinski definition) is 2. The molecule has 1 amide bonds. The Morgan fingerprint density at radius 3 is 2.78 bits per heavy atom. The molecule has 0 aromatic carbocycles. The molecule has 126 valence electrons. The van der Waals surface area contributed by atoms with Gasteiger partial charge >= 0.3 is 0 Å². The predicted molar refractivity (Wildman–Crippen MR) is 92.8 cm³/mol. The van der Waals surface area contributed by atoms with Crippen molar-refractivity contribution in [3.63, 3.8) is 0 Å². The first kappa shape index (κ1) is 17.4. The largest absolute Gasteiger partial charge is 0.351 e. The molecular weight excluding hydrogens is 290 g/mol. The van der Waals surface area contributed by atoms with E-state index in [1.807, 2.05) is 17.7 Å². The van der Waals surface area contributed by atoms with Crippen LogP contribution in [0.3, 0.4) is 0 Å². The van der Waals surface area contributed by atoms with Crippen LogP contribution in [0.2, 0.25) is 0 Å². The van der Waals surface area contributed by atoms with E-state index in [9.17, 15) is 4.79 Å². The summed E-state index contributed by atoms with van der Waals surface area (Å²) in [4.78, 5) is 17.1. The molecule has 0 saturated heterocycles. The summed E-state index contributed by atoms with van der Waals surface area (Å²) in [6.07, 6.45) is 3.81. The summed E-state index contributed by atoms with van der Waals surface area (Å²) in [7, 11) is 0. The lowest BCUT2D eigenvalue weighted by Gasteiger charge is -2.11. The van der Waals surface area contributed by atoms with Gasteiger partial charge in [-0.1, -0.05) is 13.8 Å². The van der Waals surface area contributed by atoms with E-state index in [2.05, 4.69) is 41.5 Å². The molecule has 1 unspecified atom stereocenters. The van der Waals surface area contributed by atoms with Crippen LogP contribution in [0.25, 0.3) is 11.0 Å². The van der Waals surface area contributed by atoms with E-state index < -0.39 is 0 Å². The highest BCUT2D eigenvalue weighted by Crippen LogP contribution is 2.22. The number of fused-ring (bicyclic) bond motifs is 1. The lowest BCUT2D eigenvalue weighted by atomic mass is 10.1. The van der Waals surface area contributed by atoms with Gasteiger partial charge in [-0.2, -0.15) is 5.10 Å². The minimum Gasteiger partial charge on any atom is -0.351 e. The van der Waals surface area contributed by atoms with Gasteiger partial charge in [0.15, 0.2) is 5.65 Å². The molecule has 6 heteroatoms. The number of hydrogen-bond acceptors (Lipinski definition) is 4. The molecule has 0 aliphatic carbocycles. The van der Waals surface area contributed by atoms with Crippen molar-refractivity contribution in [2.24, 2.45) is 0 Å². The van der Waals surface area contributed by atoms with Gasteiger partial charge in [-0.05, 0) is 39.3 Å². The standard InChI is InChI=1S/C17H27N5O/c1-5-7-18-8-9-19-17(23)14-10-12(3)21-16-15(14)11-20-22(16)13(4)6-2/h10-11,13,18H,5-9H2,1-4H3,(H,19,23). The van der Waals surface area contributed by atoms with Gasteiger partial charge in [0.25, 0.3) is 5.91 Å². The van der Waals surface area contributed by atoms with Crippen LogP contribution in [-0.4, -0.2) is 40.3 Å². The van der Waals surface area contributed by atoms with E-state index in [0.717, 1.165) is 42.7 Å². The third-order valence-electron chi connectivity index (χ3n) is 3.96. The lowest BCUT2D eigenvalue weighted by molar-refractivity contribution is 0.0955. The van der Waals surface area contributed by atoms with Gasteiger partial charge in [0.1, 0.15) is 0 Å². The normalized spacial score (nSPS) is 12.5. The Hall–Kier alpha value is -1.95. The fraction of sp³-hybridized carbons (Fsp3) is 0.588. The second-order valence-corrected chi connectivity index (χ2v) is 5.90. The molecule has 0 radical (unpaired) electrons. The number of rotatable bonds is 8. The first-order valence-corrected chi connectivity index (χ1v) is 8.42. The van der Waals surface area contributed by atoms with E-state index >= 15 is 0 Å². The summed E-state index contributed by atoms with van der Waals surface area (Å²) in [5.74, 6) is -0.0671. The van der Waals surface area contributed by atoms with Crippen LogP contribution in [0.15, 0.2) is 12.3 Å². The second kappa shape index (κ2) is 8.06. The van der Waals surface area contributed by atoms with Crippen LogP contribution in [0.1, 0.15) is 55.7 Å². The number of carbonyl (C=O) groups excluding carboxylic acids is 1. The maximum Gasteiger partial charge on any atom is 0.252 e. The summed E-state index contributed by atoms with van der Waals surface area (Å²) in [5.41, 5.74) is 2.27. The van der Waals surface area contributed by atoms with Crippen LogP contribution in [0.4, 0.5) is 0 Å². The van der Waals surface area contributed by atoms with Crippen molar-refractivity contribution in [1.29, 1.82) is 0 Å². The van der Waals surface area contributed by atoms with Gasteiger partial charge in [0.2, 0.25) is 0 Å². The Bertz CT molecular complexity index is 664. The number of aryl methyl sites for hydroxylation is 1. The molecule has 2 aromatic heterocycles. The van der Waals surface area contributed by atoms with Gasteiger partial charge in [-0.15, -0.1) is 0 Å². The Balaban J connectivity index is 2.20. The molecule has 0 saturated carbocycles. The number of nitrogens with zero attached hydrogens (tertiary/aromatic N) is 3. The number of nitrogens with one attached hydrogen (secondary N) is 2. The highest BCUT2D eigenvalue weighted by molar-refractivity contribution is 6.05. The Labute approximate surface area is 137 Å². The number of amides is 1. The van der Waals surface area contributed by atoms with Gasteiger partial charge in [0.05, 0.1) is 23.2 Å². The molecule has 6 nitrogen and oxygen atoms in total. The van der Waals surface area contributed by atoms with E-state index in [1.165, 1.54) is 0 Å². The third-order valence-corrected chi connectivity index (χ3v) is 3.96. The SMILES string of the molecule is CCCNCCNC(=O)c1cc(C)nc2c1cnn2C(C)CC. The zero-order chi connectivity index (χ0) is 16.8. The number of pyridine rings is 1. The van der Waals surface area contributed by atoms with Crippen molar-refractivity contribution >= 4 is 16.9 Å². The fourth-order valence-electron chi connectivity index (χ4n) is 2.49. The van der Waals surface area contributed by atoms with E-state index in [-0.39, 0.29) is 11.9 Å². The average molecular weight is 317 g/mol. The van der Waals surface area contributed by atoms with Gasteiger partial charge < -0.3 is 10.6 Å². The van der Waals surface area contributed by atoms with Crippen LogP contribution in [-0.2, 0) is 0 Å². The second-order valence-electron chi connectivity index (χ2n) is 5.90. The molecule has 0 aliphatic heterocycles. The number of aromatic nitrogens is 3.